The highest BCUT2D eigenvalue weighted by molar-refractivity contribution is 8.21. The lowest BCUT2D eigenvalue weighted by Gasteiger charge is -2.18. The van der Waals surface area contributed by atoms with Crippen LogP contribution in [0.15, 0.2) is 215 Å². The summed E-state index contributed by atoms with van der Waals surface area (Å²) in [7, 11) is 6.24. The number of alkyl carbamates (subject to hydrolysis) is 2. The van der Waals surface area contributed by atoms with Gasteiger partial charge in [-0.25, -0.2) is 19.2 Å². The molecule has 2 aromatic heterocycles. The fourth-order valence-corrected chi connectivity index (χ4v) is 12.5. The largest absolute Gasteiger partial charge is 0.480 e. The topological polar surface area (TPSA) is 269 Å². The summed E-state index contributed by atoms with van der Waals surface area (Å²) >= 11 is 1.15. The van der Waals surface area contributed by atoms with Crippen LogP contribution >= 0.6 is 33.4 Å². The Morgan fingerprint density at radius 1 is 0.529 bits per heavy atom. The predicted octanol–water partition coefficient (Wildman–Crippen LogP) is 14.3. The molecule has 2 heterocycles. The van der Waals surface area contributed by atoms with E-state index in [0.717, 1.165) is 94.6 Å². The van der Waals surface area contributed by atoms with Crippen LogP contribution < -0.4 is 10.6 Å². The van der Waals surface area contributed by atoms with E-state index in [0.29, 0.717) is 20.4 Å². The van der Waals surface area contributed by atoms with Gasteiger partial charge in [-0.15, -0.1) is 0 Å². The van der Waals surface area contributed by atoms with Gasteiger partial charge in [-0.3, -0.25) is 20.2 Å². The van der Waals surface area contributed by atoms with Crippen molar-refractivity contribution in [3.05, 3.63) is 254 Å². The average molecular weight is 1200 g/mol. The van der Waals surface area contributed by atoms with Crippen LogP contribution in [0.3, 0.4) is 0 Å². The molecule has 0 aliphatic heterocycles. The number of aromatic amines is 2. The van der Waals surface area contributed by atoms with Gasteiger partial charge < -0.3 is 40.3 Å². The van der Waals surface area contributed by atoms with E-state index in [1.54, 1.807) is 42.6 Å². The fraction of sp³-hybridized carbons (Fsp3) is 0.125. The second-order valence-electron chi connectivity index (χ2n) is 19.6. The van der Waals surface area contributed by atoms with Crippen molar-refractivity contribution in [1.82, 2.24) is 20.6 Å². The quantitative estimate of drug-likeness (QED) is 0.0366. The highest BCUT2D eigenvalue weighted by Crippen LogP contribution is 2.46. The number of fused-ring (bicyclic) bond motifs is 8. The van der Waals surface area contributed by atoms with Gasteiger partial charge in [0.05, 0.1) is 19.8 Å². The van der Waals surface area contributed by atoms with Crippen LogP contribution in [0, 0.1) is 20.2 Å². The molecule has 428 valence electrons. The fourth-order valence-electron chi connectivity index (χ4n) is 10.6. The number of halogens is 1. The molecular weight excluding hydrogens is 1140 g/mol. The number of hydrogen-bond donors (Lipinski definition) is 6. The first-order valence-electron chi connectivity index (χ1n) is 26.5. The molecule has 0 bridgehead atoms. The van der Waals surface area contributed by atoms with E-state index >= 15 is 0 Å². The molecule has 0 saturated carbocycles. The number of nitro groups is 2. The van der Waals surface area contributed by atoms with Crippen molar-refractivity contribution in [2.75, 3.05) is 13.2 Å². The number of rotatable bonds is 17. The Balaban J connectivity index is 0.000000164. The molecule has 0 fully saturated rings. The third-order valence-electron chi connectivity index (χ3n) is 14.6. The molecule has 2 atom stereocenters. The van der Waals surface area contributed by atoms with Crippen molar-refractivity contribution in [2.24, 2.45) is 0 Å². The zero-order valence-corrected chi connectivity index (χ0v) is 47.1. The second-order valence-corrected chi connectivity index (χ2v) is 21.7. The number of H-pyrrole nitrogens is 2. The Kier molecular flexibility index (Phi) is 18.2. The summed E-state index contributed by atoms with van der Waals surface area (Å²) in [6.07, 6.45) is 0.298. The van der Waals surface area contributed by atoms with E-state index in [2.05, 4.69) is 32.7 Å². The van der Waals surface area contributed by atoms with Gasteiger partial charge in [0.25, 0.3) is 11.4 Å². The number of amides is 2. The van der Waals surface area contributed by atoms with Gasteiger partial charge in [-0.05, 0) is 102 Å². The Hall–Kier alpha value is -9.89. The van der Waals surface area contributed by atoms with Crippen LogP contribution in [0.25, 0.3) is 44.1 Å². The highest BCUT2D eigenvalue weighted by atomic mass is 35.7. The van der Waals surface area contributed by atoms with Gasteiger partial charge in [0.2, 0.25) is 0 Å². The lowest BCUT2D eigenvalue weighted by Crippen LogP contribution is -2.43. The van der Waals surface area contributed by atoms with Crippen LogP contribution in [0.5, 0.6) is 0 Å². The molecule has 0 spiro atoms. The number of aromatic nitrogens is 2. The van der Waals surface area contributed by atoms with Crippen molar-refractivity contribution in [3.63, 3.8) is 0 Å². The smallest absolute Gasteiger partial charge is 0.407 e. The molecular formula is C64H51ClN6O12S2. The first-order valence-corrected chi connectivity index (χ1v) is 29.0. The van der Waals surface area contributed by atoms with E-state index in [-0.39, 0.29) is 49.3 Å². The van der Waals surface area contributed by atoms with Gasteiger partial charge in [-0.1, -0.05) is 169 Å². The summed E-state index contributed by atoms with van der Waals surface area (Å²) < 4.78 is 11.1. The van der Waals surface area contributed by atoms with Crippen LogP contribution in [-0.4, -0.2) is 79.5 Å². The summed E-state index contributed by atoms with van der Waals surface area (Å²) in [6, 6.07) is 57.4. The van der Waals surface area contributed by atoms with Gasteiger partial charge in [0, 0.05) is 64.8 Å². The number of nitro benzene ring substituents is 2. The summed E-state index contributed by atoms with van der Waals surface area (Å²) in [4.78, 5) is 77.9. The van der Waals surface area contributed by atoms with Crippen molar-refractivity contribution in [3.8, 4) is 22.3 Å². The number of nitrogens with zero attached hydrogens (tertiary/aromatic N) is 2. The standard InChI is InChI=1S/C32H25N3O6S.C26H22N2O4.C6H4ClNO2S/c36-31(37)27(34-32(38)41-18-25-21-11-3-1-9-19(21)20-10-2-4-12-22(20)25)17-24-23-13-5-6-14-26(23)33-30(24)42-29-16-8-7-15-28(29)35(39)40;29-25(30)24(13-16-14-27-23-12-6-5-7-17(16)23)28-26(31)32-15-22-20-10-3-1-8-18(20)19-9-2-4-11-21(19)22;7-11-6-4-2-1-3-5(6)8(9)10/h1-16,25,27,33H,17-18H2,(H,34,38)(H,36,37);1-12,14,22,24,27H,13,15H2,(H,28,31)(H,29,30);1-4H. The van der Waals surface area contributed by atoms with Gasteiger partial charge in [0.15, 0.2) is 0 Å². The van der Waals surface area contributed by atoms with E-state index < -0.39 is 46.1 Å². The zero-order chi connectivity index (χ0) is 59.6. The van der Waals surface area contributed by atoms with E-state index in [1.807, 2.05) is 133 Å². The van der Waals surface area contributed by atoms with Crippen molar-refractivity contribution in [2.45, 2.75) is 51.6 Å². The molecule has 18 nitrogen and oxygen atoms in total. The Morgan fingerprint density at radius 2 is 0.929 bits per heavy atom. The third kappa shape index (κ3) is 13.2. The molecule has 2 aliphatic carbocycles. The van der Waals surface area contributed by atoms with Crippen molar-refractivity contribution in [1.29, 1.82) is 0 Å². The molecule has 21 heteroatoms. The maximum Gasteiger partial charge on any atom is 0.407 e. The minimum absolute atomic E-state index is 0.0486. The molecule has 0 saturated heterocycles. The van der Waals surface area contributed by atoms with Crippen molar-refractivity contribution < 1.29 is 48.7 Å². The normalized spacial score (nSPS) is 12.6. The molecule has 2 amide bonds. The number of hydrogen-bond acceptors (Lipinski definition) is 12. The summed E-state index contributed by atoms with van der Waals surface area (Å²) in [5.74, 6) is -2.58. The molecule has 0 radical (unpaired) electrons. The van der Waals surface area contributed by atoms with E-state index in [4.69, 9.17) is 20.2 Å². The van der Waals surface area contributed by atoms with Crippen LogP contribution in [-0.2, 0) is 31.9 Å². The number of para-hydroxylation sites is 4. The predicted molar refractivity (Wildman–Crippen MR) is 325 cm³/mol. The number of carboxylic acid groups (broad SMARTS) is 2. The van der Waals surface area contributed by atoms with Crippen LogP contribution in [0.1, 0.15) is 45.2 Å². The molecule has 6 N–H and O–H groups in total. The summed E-state index contributed by atoms with van der Waals surface area (Å²) in [6.45, 7) is 0.192. The summed E-state index contributed by atoms with van der Waals surface area (Å²) in [5, 5.41) is 48.9. The maximum absolute atomic E-state index is 12.9. The Morgan fingerprint density at radius 3 is 1.40 bits per heavy atom. The molecule has 10 aromatic rings. The van der Waals surface area contributed by atoms with Crippen LogP contribution in [0.4, 0.5) is 21.0 Å². The molecule has 12 rings (SSSR count). The lowest BCUT2D eigenvalue weighted by molar-refractivity contribution is -0.387. The highest BCUT2D eigenvalue weighted by Gasteiger charge is 2.33. The Bertz CT molecular complexity index is 4060. The number of carbonyl (C=O) groups excluding carboxylic acids is 2. The molecule has 2 unspecified atom stereocenters. The minimum Gasteiger partial charge on any atom is -0.480 e. The number of benzene rings is 8. The van der Waals surface area contributed by atoms with Gasteiger partial charge >= 0.3 is 24.1 Å². The van der Waals surface area contributed by atoms with Crippen LogP contribution in [0.2, 0.25) is 0 Å². The monoisotopic (exact) mass is 1190 g/mol. The summed E-state index contributed by atoms with van der Waals surface area (Å²) in [5.41, 5.74) is 11.9. The zero-order valence-electron chi connectivity index (χ0n) is 44.8. The Labute approximate surface area is 498 Å². The molecule has 2 aliphatic rings. The number of carboxylic acids is 2. The third-order valence-corrected chi connectivity index (χ3v) is 16.7. The van der Waals surface area contributed by atoms with Gasteiger partial charge in [-0.2, -0.15) is 0 Å². The first-order chi connectivity index (χ1) is 41.3. The van der Waals surface area contributed by atoms with E-state index in [9.17, 15) is 49.6 Å². The first kappa shape index (κ1) is 58.3. The molecule has 85 heavy (non-hydrogen) atoms. The van der Waals surface area contributed by atoms with E-state index in [1.165, 1.54) is 12.1 Å². The van der Waals surface area contributed by atoms with Gasteiger partial charge in [0.1, 0.15) is 30.2 Å². The minimum atomic E-state index is -1.30. The lowest BCUT2D eigenvalue weighted by atomic mass is 9.98. The number of carbonyl (C=O) groups is 4. The number of ether oxygens (including phenoxy) is 2. The maximum atomic E-state index is 12.9. The number of nitrogens with one attached hydrogen (secondary N) is 4. The van der Waals surface area contributed by atoms with Crippen molar-refractivity contribution >= 4 is 90.7 Å². The SMILES string of the molecule is O=C(NC(Cc1c(Sc2ccccc2[N+](=O)[O-])[nH]c2ccccc12)C(=O)O)OCC1c2ccccc2-c2ccccc21.O=C(NC(Cc1c[nH]c2ccccc12)C(=O)O)OCC1c2ccccc2-c2ccccc21.O=[N+]([O-])c1ccccc1SCl. The second kappa shape index (κ2) is 26.6. The number of aliphatic carboxylic acids is 2. The average Bonchev–Trinajstić information content (AvgIpc) is 2.22. The molecule has 8 aromatic carbocycles.